The van der Waals surface area contributed by atoms with Crippen molar-refractivity contribution in [3.05, 3.63) is 0 Å². The van der Waals surface area contributed by atoms with E-state index in [1.807, 2.05) is 0 Å². The maximum atomic E-state index is 11.1. The number of carboxylic acids is 2. The molecule has 1 saturated heterocycles. The molecule has 18 heavy (non-hydrogen) atoms. The molecule has 0 aromatic heterocycles. The maximum absolute atomic E-state index is 11.1. The monoisotopic (exact) mass is 261 g/mol. The SMILES string of the molecule is CC1(C)O[C@@H](CC(=O)O)C[C@H](C(C)(N)C(=O)O)O1. The van der Waals surface area contributed by atoms with E-state index in [9.17, 15) is 9.59 Å². The third-order valence-electron chi connectivity index (χ3n) is 2.89. The summed E-state index contributed by atoms with van der Waals surface area (Å²) in [6, 6.07) is 0. The van der Waals surface area contributed by atoms with Gasteiger partial charge in [0.15, 0.2) is 5.79 Å². The molecule has 0 radical (unpaired) electrons. The maximum Gasteiger partial charge on any atom is 0.326 e. The lowest BCUT2D eigenvalue weighted by atomic mass is 9.89. The fourth-order valence-corrected chi connectivity index (χ4v) is 1.93. The highest BCUT2D eigenvalue weighted by atomic mass is 16.7. The third kappa shape index (κ3) is 3.41. The van der Waals surface area contributed by atoms with Crippen LogP contribution in [0.15, 0.2) is 0 Å². The van der Waals surface area contributed by atoms with E-state index < -0.39 is 35.5 Å². The summed E-state index contributed by atoms with van der Waals surface area (Å²) >= 11 is 0. The summed E-state index contributed by atoms with van der Waals surface area (Å²) in [7, 11) is 0. The molecule has 1 heterocycles. The number of ether oxygens (including phenoxy) is 2. The van der Waals surface area contributed by atoms with Gasteiger partial charge >= 0.3 is 11.9 Å². The van der Waals surface area contributed by atoms with E-state index in [0.29, 0.717) is 0 Å². The van der Waals surface area contributed by atoms with E-state index in [0.717, 1.165) is 0 Å². The fraction of sp³-hybridized carbons (Fsp3) is 0.818. The summed E-state index contributed by atoms with van der Waals surface area (Å²) < 4.78 is 10.9. The van der Waals surface area contributed by atoms with Gasteiger partial charge in [0.1, 0.15) is 5.54 Å². The largest absolute Gasteiger partial charge is 0.481 e. The quantitative estimate of drug-likeness (QED) is 0.660. The van der Waals surface area contributed by atoms with Crippen LogP contribution >= 0.6 is 0 Å². The lowest BCUT2D eigenvalue weighted by Gasteiger charge is -2.44. The first-order chi connectivity index (χ1) is 8.04. The molecule has 0 spiro atoms. The minimum absolute atomic E-state index is 0.134. The predicted octanol–water partition coefficient (Wildman–Crippen LogP) is 0.173. The van der Waals surface area contributed by atoms with Crippen LogP contribution in [-0.2, 0) is 19.1 Å². The van der Waals surface area contributed by atoms with E-state index in [1.54, 1.807) is 13.8 Å². The molecule has 0 aromatic carbocycles. The molecule has 104 valence electrons. The van der Waals surface area contributed by atoms with Crippen LogP contribution in [-0.4, -0.2) is 45.7 Å². The highest BCUT2D eigenvalue weighted by Gasteiger charge is 2.47. The second kappa shape index (κ2) is 4.83. The lowest BCUT2D eigenvalue weighted by molar-refractivity contribution is -0.307. The number of rotatable bonds is 4. The summed E-state index contributed by atoms with van der Waals surface area (Å²) in [6.07, 6.45) is -1.49. The number of nitrogens with two attached hydrogens (primary N) is 1. The molecule has 0 aromatic rings. The summed E-state index contributed by atoms with van der Waals surface area (Å²) in [6.45, 7) is 4.55. The van der Waals surface area contributed by atoms with Gasteiger partial charge in [0.05, 0.1) is 18.6 Å². The Morgan fingerprint density at radius 1 is 1.39 bits per heavy atom. The molecule has 4 N–H and O–H groups in total. The van der Waals surface area contributed by atoms with Crippen molar-refractivity contribution in [2.24, 2.45) is 5.73 Å². The zero-order valence-electron chi connectivity index (χ0n) is 10.7. The van der Waals surface area contributed by atoms with Crippen LogP contribution < -0.4 is 5.73 Å². The van der Waals surface area contributed by atoms with Crippen LogP contribution in [0.5, 0.6) is 0 Å². The van der Waals surface area contributed by atoms with Gasteiger partial charge in [-0.3, -0.25) is 9.59 Å². The molecule has 0 aliphatic carbocycles. The average Bonchev–Trinajstić information content (AvgIpc) is 2.13. The molecule has 0 saturated carbocycles. The molecule has 0 bridgehead atoms. The van der Waals surface area contributed by atoms with Gasteiger partial charge in [-0.2, -0.15) is 0 Å². The topological polar surface area (TPSA) is 119 Å². The van der Waals surface area contributed by atoms with Crippen molar-refractivity contribution in [3.63, 3.8) is 0 Å². The lowest BCUT2D eigenvalue weighted by Crippen LogP contribution is -2.61. The van der Waals surface area contributed by atoms with Gasteiger partial charge in [-0.05, 0) is 20.8 Å². The Bertz CT molecular complexity index is 351. The number of aliphatic carboxylic acids is 2. The zero-order chi connectivity index (χ0) is 14.1. The van der Waals surface area contributed by atoms with Gasteiger partial charge in [0.25, 0.3) is 0 Å². The van der Waals surface area contributed by atoms with E-state index in [1.165, 1.54) is 6.92 Å². The second-order valence-electron chi connectivity index (χ2n) is 5.17. The van der Waals surface area contributed by atoms with Crippen LogP contribution in [0.3, 0.4) is 0 Å². The minimum atomic E-state index is -1.59. The number of hydrogen-bond donors (Lipinski definition) is 3. The molecule has 3 atom stereocenters. The Morgan fingerprint density at radius 3 is 2.39 bits per heavy atom. The standard InChI is InChI=1S/C11H19NO6/c1-10(2)17-6(5-8(13)14)4-7(18-10)11(3,12)9(15)16/h6-7H,4-5,12H2,1-3H3,(H,13,14)(H,15,16)/t6-,7-,11?/m1/s1. The molecular formula is C11H19NO6. The van der Waals surface area contributed by atoms with E-state index in [-0.39, 0.29) is 12.8 Å². The van der Waals surface area contributed by atoms with Crippen molar-refractivity contribution in [2.75, 3.05) is 0 Å². The van der Waals surface area contributed by atoms with Crippen molar-refractivity contribution >= 4 is 11.9 Å². The Morgan fingerprint density at radius 2 is 1.94 bits per heavy atom. The highest BCUT2D eigenvalue weighted by molar-refractivity contribution is 5.78. The Balaban J connectivity index is 2.87. The van der Waals surface area contributed by atoms with Crippen molar-refractivity contribution < 1.29 is 29.3 Å². The molecule has 7 heteroatoms. The summed E-state index contributed by atoms with van der Waals surface area (Å²) in [4.78, 5) is 21.8. The average molecular weight is 261 g/mol. The normalized spacial score (nSPS) is 30.4. The summed E-state index contributed by atoms with van der Waals surface area (Å²) in [5.41, 5.74) is 4.14. The van der Waals surface area contributed by atoms with Crippen LogP contribution in [0.1, 0.15) is 33.6 Å². The molecule has 1 aliphatic rings. The van der Waals surface area contributed by atoms with Crippen molar-refractivity contribution in [1.82, 2.24) is 0 Å². The van der Waals surface area contributed by atoms with E-state index >= 15 is 0 Å². The first kappa shape index (κ1) is 14.9. The second-order valence-corrected chi connectivity index (χ2v) is 5.17. The van der Waals surface area contributed by atoms with Crippen molar-refractivity contribution in [3.8, 4) is 0 Å². The van der Waals surface area contributed by atoms with Crippen LogP contribution in [0.2, 0.25) is 0 Å². The van der Waals surface area contributed by atoms with E-state index in [4.69, 9.17) is 25.4 Å². The van der Waals surface area contributed by atoms with Gasteiger partial charge in [-0.1, -0.05) is 0 Å². The van der Waals surface area contributed by atoms with Crippen molar-refractivity contribution in [2.45, 2.75) is 57.1 Å². The summed E-state index contributed by atoms with van der Waals surface area (Å²) in [5.74, 6) is -3.26. The molecule has 7 nitrogen and oxygen atoms in total. The Kier molecular flexibility index (Phi) is 3.99. The fourth-order valence-electron chi connectivity index (χ4n) is 1.93. The van der Waals surface area contributed by atoms with Gasteiger partial charge in [-0.25, -0.2) is 0 Å². The first-order valence-corrected chi connectivity index (χ1v) is 5.64. The zero-order valence-corrected chi connectivity index (χ0v) is 10.7. The van der Waals surface area contributed by atoms with Gasteiger partial charge in [-0.15, -0.1) is 0 Å². The van der Waals surface area contributed by atoms with Crippen molar-refractivity contribution in [1.29, 1.82) is 0 Å². The minimum Gasteiger partial charge on any atom is -0.481 e. The van der Waals surface area contributed by atoms with Crippen LogP contribution in [0.4, 0.5) is 0 Å². The Hall–Kier alpha value is -1.18. The van der Waals surface area contributed by atoms with Crippen LogP contribution in [0, 0.1) is 0 Å². The molecule has 0 amide bonds. The molecule has 1 rings (SSSR count). The van der Waals surface area contributed by atoms with E-state index in [2.05, 4.69) is 0 Å². The number of carboxylic acid groups (broad SMARTS) is 2. The molecule has 1 aliphatic heterocycles. The predicted molar refractivity (Wildman–Crippen MR) is 60.9 cm³/mol. The number of carbonyl (C=O) groups is 2. The van der Waals surface area contributed by atoms with Crippen LogP contribution in [0.25, 0.3) is 0 Å². The molecule has 1 fully saturated rings. The van der Waals surface area contributed by atoms with Gasteiger partial charge in [0, 0.05) is 6.42 Å². The molecule has 1 unspecified atom stereocenters. The highest BCUT2D eigenvalue weighted by Crippen LogP contribution is 2.32. The summed E-state index contributed by atoms with van der Waals surface area (Å²) in [5, 5.41) is 17.8. The smallest absolute Gasteiger partial charge is 0.326 e. The Labute approximate surface area is 105 Å². The third-order valence-corrected chi connectivity index (χ3v) is 2.89. The number of hydrogen-bond acceptors (Lipinski definition) is 5. The first-order valence-electron chi connectivity index (χ1n) is 5.64. The molecular weight excluding hydrogens is 242 g/mol. The van der Waals surface area contributed by atoms with Gasteiger partial charge < -0.3 is 25.4 Å². The van der Waals surface area contributed by atoms with Gasteiger partial charge in [0.2, 0.25) is 0 Å².